The van der Waals surface area contributed by atoms with E-state index in [0.717, 1.165) is 0 Å². The highest BCUT2D eigenvalue weighted by Gasteiger charge is 2.37. The van der Waals surface area contributed by atoms with Crippen molar-refractivity contribution in [3.05, 3.63) is 0 Å². The lowest BCUT2D eigenvalue weighted by Gasteiger charge is -1.68. The van der Waals surface area contributed by atoms with Gasteiger partial charge in [-0.15, -0.1) is 11.6 Å². The maximum atomic E-state index is 8.07. The summed E-state index contributed by atoms with van der Waals surface area (Å²) in [6.07, 6.45) is -0.191. The number of nitriles is 1. The van der Waals surface area contributed by atoms with E-state index in [-0.39, 0.29) is 12.2 Å². The van der Waals surface area contributed by atoms with E-state index in [1.54, 1.807) is 0 Å². The van der Waals surface area contributed by atoms with Crippen molar-refractivity contribution in [2.45, 2.75) is 12.2 Å². The molecular formula is C4H4ClNO. The molecule has 38 valence electrons. The second kappa shape index (κ2) is 1.69. The molecular weight excluding hydrogens is 114 g/mol. The lowest BCUT2D eigenvalue weighted by Crippen LogP contribution is -1.89. The van der Waals surface area contributed by atoms with Gasteiger partial charge in [-0.05, 0) is 0 Å². The highest BCUT2D eigenvalue weighted by atomic mass is 35.5. The topological polar surface area (TPSA) is 36.3 Å². The molecule has 0 aromatic carbocycles. The minimum absolute atomic E-state index is 0.0201. The van der Waals surface area contributed by atoms with Crippen LogP contribution in [0.1, 0.15) is 0 Å². The molecule has 3 heteroatoms. The summed E-state index contributed by atoms with van der Waals surface area (Å²) in [5, 5.41) is 8.07. The molecule has 0 aliphatic carbocycles. The number of epoxide rings is 1. The fourth-order valence-electron chi connectivity index (χ4n) is 0.374. The highest BCUT2D eigenvalue weighted by Crippen LogP contribution is 2.21. The van der Waals surface area contributed by atoms with Gasteiger partial charge in [-0.3, -0.25) is 0 Å². The zero-order valence-electron chi connectivity index (χ0n) is 3.60. The van der Waals surface area contributed by atoms with Crippen LogP contribution in [-0.2, 0) is 4.74 Å². The van der Waals surface area contributed by atoms with E-state index >= 15 is 0 Å². The van der Waals surface area contributed by atoms with Crippen LogP contribution in [0.15, 0.2) is 0 Å². The van der Waals surface area contributed by atoms with Crippen molar-refractivity contribution in [2.75, 3.05) is 5.88 Å². The largest absolute Gasteiger partial charge is 0.352 e. The molecule has 7 heavy (non-hydrogen) atoms. The van der Waals surface area contributed by atoms with Crippen molar-refractivity contribution in [1.29, 1.82) is 5.26 Å². The Bertz CT molecular complexity index is 109. The highest BCUT2D eigenvalue weighted by molar-refractivity contribution is 6.18. The molecule has 0 saturated carbocycles. The Kier molecular flexibility index (Phi) is 1.18. The molecule has 0 unspecified atom stereocenters. The van der Waals surface area contributed by atoms with Gasteiger partial charge in [0.05, 0.1) is 11.9 Å². The molecule has 1 heterocycles. The number of rotatable bonds is 1. The third kappa shape index (κ3) is 0.846. The van der Waals surface area contributed by atoms with Gasteiger partial charge in [0.2, 0.25) is 0 Å². The molecule has 1 aliphatic heterocycles. The molecule has 1 aliphatic rings. The molecule has 2 nitrogen and oxygen atoms in total. The number of ether oxygens (including phenoxy) is 1. The van der Waals surface area contributed by atoms with Crippen LogP contribution in [0.5, 0.6) is 0 Å². The van der Waals surface area contributed by atoms with Gasteiger partial charge in [0.15, 0.2) is 6.10 Å². The molecule has 2 atom stereocenters. The minimum Gasteiger partial charge on any atom is -0.352 e. The van der Waals surface area contributed by atoms with Crippen LogP contribution in [0.4, 0.5) is 0 Å². The van der Waals surface area contributed by atoms with Crippen LogP contribution >= 0.6 is 11.6 Å². The monoisotopic (exact) mass is 117 g/mol. The van der Waals surface area contributed by atoms with Crippen molar-refractivity contribution < 1.29 is 4.74 Å². The molecule has 0 radical (unpaired) electrons. The summed E-state index contributed by atoms with van der Waals surface area (Å²) in [4.78, 5) is 0. The Morgan fingerprint density at radius 3 is 2.71 bits per heavy atom. The van der Waals surface area contributed by atoms with Crippen LogP contribution in [-0.4, -0.2) is 18.1 Å². The van der Waals surface area contributed by atoms with Gasteiger partial charge in [-0.2, -0.15) is 5.26 Å². The van der Waals surface area contributed by atoms with E-state index in [2.05, 4.69) is 0 Å². The predicted molar refractivity (Wildman–Crippen MR) is 25.0 cm³/mol. The Morgan fingerprint density at radius 1 is 1.86 bits per heavy atom. The second-order valence-corrected chi connectivity index (χ2v) is 1.69. The van der Waals surface area contributed by atoms with Gasteiger partial charge >= 0.3 is 0 Å². The van der Waals surface area contributed by atoms with Crippen molar-refractivity contribution in [2.24, 2.45) is 0 Å². The number of halogens is 1. The zero-order chi connectivity index (χ0) is 5.28. The predicted octanol–water partition coefficient (Wildman–Crippen LogP) is 0.516. The Hall–Kier alpha value is -0.260. The maximum absolute atomic E-state index is 8.07. The molecule has 1 fully saturated rings. The van der Waals surface area contributed by atoms with E-state index < -0.39 is 0 Å². The van der Waals surface area contributed by atoms with E-state index in [1.807, 2.05) is 6.07 Å². The minimum atomic E-state index is -0.211. The lowest BCUT2D eigenvalue weighted by atomic mass is 10.4. The van der Waals surface area contributed by atoms with Gasteiger partial charge in [0.25, 0.3) is 0 Å². The smallest absolute Gasteiger partial charge is 0.171 e. The summed E-state index contributed by atoms with van der Waals surface area (Å²) in [5.74, 6) is 0.443. The average Bonchev–Trinajstić information content (AvgIpc) is 2.43. The van der Waals surface area contributed by atoms with Crippen molar-refractivity contribution >= 4 is 11.6 Å². The number of hydrogen-bond acceptors (Lipinski definition) is 2. The number of hydrogen-bond donors (Lipinski definition) is 0. The van der Waals surface area contributed by atoms with E-state index in [0.29, 0.717) is 5.88 Å². The summed E-state index contributed by atoms with van der Waals surface area (Å²) >= 11 is 5.30. The van der Waals surface area contributed by atoms with Crippen molar-refractivity contribution in [3.63, 3.8) is 0 Å². The van der Waals surface area contributed by atoms with Crippen molar-refractivity contribution in [1.82, 2.24) is 0 Å². The van der Waals surface area contributed by atoms with Gasteiger partial charge < -0.3 is 4.74 Å². The molecule has 1 rings (SSSR count). The Balaban J connectivity index is 2.21. The fraction of sp³-hybridized carbons (Fsp3) is 0.750. The Morgan fingerprint density at radius 2 is 2.57 bits per heavy atom. The molecule has 1 saturated heterocycles. The summed E-state index contributed by atoms with van der Waals surface area (Å²) in [5.41, 5.74) is 0. The van der Waals surface area contributed by atoms with Crippen LogP contribution in [0, 0.1) is 11.3 Å². The van der Waals surface area contributed by atoms with Crippen LogP contribution in [0.25, 0.3) is 0 Å². The van der Waals surface area contributed by atoms with Gasteiger partial charge in [0.1, 0.15) is 6.10 Å². The molecule has 0 bridgehead atoms. The van der Waals surface area contributed by atoms with E-state index in [1.165, 1.54) is 0 Å². The first-order valence-electron chi connectivity index (χ1n) is 1.99. The van der Waals surface area contributed by atoms with E-state index in [4.69, 9.17) is 21.6 Å². The van der Waals surface area contributed by atoms with Gasteiger partial charge in [-0.25, -0.2) is 0 Å². The van der Waals surface area contributed by atoms with E-state index in [9.17, 15) is 0 Å². The second-order valence-electron chi connectivity index (χ2n) is 1.38. The summed E-state index contributed by atoms with van der Waals surface area (Å²) < 4.78 is 4.72. The first-order chi connectivity index (χ1) is 3.38. The maximum Gasteiger partial charge on any atom is 0.171 e. The fourth-order valence-corrected chi connectivity index (χ4v) is 0.608. The molecule has 0 N–H and O–H groups in total. The lowest BCUT2D eigenvalue weighted by molar-refractivity contribution is 0.404. The first kappa shape index (κ1) is 4.89. The normalized spacial score (nSPS) is 37.1. The third-order valence-electron chi connectivity index (χ3n) is 0.862. The number of nitrogens with zero attached hydrogens (tertiary/aromatic N) is 1. The van der Waals surface area contributed by atoms with Crippen molar-refractivity contribution in [3.8, 4) is 6.07 Å². The van der Waals surface area contributed by atoms with Gasteiger partial charge in [0, 0.05) is 0 Å². The molecule has 0 aromatic heterocycles. The summed E-state index contributed by atoms with van der Waals surface area (Å²) in [7, 11) is 0. The Labute approximate surface area is 46.6 Å². The zero-order valence-corrected chi connectivity index (χ0v) is 4.35. The van der Waals surface area contributed by atoms with Crippen LogP contribution in [0.2, 0.25) is 0 Å². The molecule has 0 spiro atoms. The first-order valence-corrected chi connectivity index (χ1v) is 2.53. The standard InChI is InChI=1S/C4H4ClNO/c5-1-3-4(2-6)7-3/h3-4H,1H2/t3-,4-/m0/s1. The summed E-state index contributed by atoms with van der Waals surface area (Å²) in [6, 6.07) is 1.93. The number of alkyl halides is 1. The SMILES string of the molecule is N#C[C@@H]1O[C@H]1CCl. The van der Waals surface area contributed by atoms with Crippen LogP contribution < -0.4 is 0 Å². The summed E-state index contributed by atoms with van der Waals surface area (Å²) in [6.45, 7) is 0. The molecule has 0 aromatic rings. The third-order valence-corrected chi connectivity index (χ3v) is 1.17. The molecule has 0 amide bonds. The van der Waals surface area contributed by atoms with Gasteiger partial charge in [-0.1, -0.05) is 0 Å². The average molecular weight is 118 g/mol. The quantitative estimate of drug-likeness (QED) is 0.371. The van der Waals surface area contributed by atoms with Crippen LogP contribution in [0.3, 0.4) is 0 Å².